The number of amides is 4. The third kappa shape index (κ3) is 9.28. The third-order valence-corrected chi connectivity index (χ3v) is 7.11. The van der Waals surface area contributed by atoms with Crippen molar-refractivity contribution in [2.45, 2.75) is 33.2 Å². The van der Waals surface area contributed by atoms with Crippen molar-refractivity contribution in [2.24, 2.45) is 11.8 Å². The molecule has 0 radical (unpaired) electrons. The number of carbonyl (C=O) groups excluding carboxylic acids is 5. The number of hydrogen-bond donors (Lipinski definition) is 4. The molecule has 0 saturated heterocycles. The molecule has 2 heterocycles. The highest BCUT2D eigenvalue weighted by Crippen LogP contribution is 2.24. The molecule has 4 N–H and O–H groups in total. The summed E-state index contributed by atoms with van der Waals surface area (Å²) in [5, 5.41) is 18.7. The molecule has 4 aromatic rings. The molecule has 15 nitrogen and oxygen atoms in total. The fourth-order valence-corrected chi connectivity index (χ4v) is 4.41. The molecule has 0 spiro atoms. The number of anilines is 2. The van der Waals surface area contributed by atoms with Crippen molar-refractivity contribution in [3.8, 4) is 22.5 Å². The van der Waals surface area contributed by atoms with E-state index in [0.717, 1.165) is 0 Å². The number of ether oxygens (including phenoxy) is 2. The van der Waals surface area contributed by atoms with Crippen LogP contribution in [-0.4, -0.2) is 66.9 Å². The SMILES string of the molecule is COC(=O)CC(C)CNC(=O)c1cc(-c2ccc(NC(=O)Nc3ccc(-c4cc(C(=O)NC(C(=O)OC)C(C)C)on4)cc3)cc2)no1. The Labute approximate surface area is 275 Å². The van der Waals surface area contributed by atoms with E-state index in [1.165, 1.54) is 26.4 Å². The molecule has 0 fully saturated rings. The van der Waals surface area contributed by atoms with Crippen molar-refractivity contribution in [1.29, 1.82) is 0 Å². The van der Waals surface area contributed by atoms with Crippen LogP contribution in [0.4, 0.5) is 16.2 Å². The standard InChI is InChI=1S/C33H36N6O9/c1-18(2)29(32(43)46-5)37-31(42)27-16-25(39-48-27)21-8-12-23(13-9-21)36-33(44)35-22-10-6-20(7-11-22)24-15-26(47-38-24)30(41)34-17-19(3)14-28(40)45-4/h6-13,15-16,18-19,29H,14,17H2,1-5H3,(H,34,41)(H,37,42)(H2,35,36,44). The Morgan fingerprint density at radius 3 is 1.69 bits per heavy atom. The molecule has 0 saturated carbocycles. The van der Waals surface area contributed by atoms with Crippen LogP contribution in [0.5, 0.6) is 0 Å². The van der Waals surface area contributed by atoms with Crippen LogP contribution < -0.4 is 21.3 Å². The van der Waals surface area contributed by atoms with Crippen molar-refractivity contribution in [3.63, 3.8) is 0 Å². The Hall–Kier alpha value is -5.99. The summed E-state index contributed by atoms with van der Waals surface area (Å²) in [4.78, 5) is 61.0. The van der Waals surface area contributed by atoms with E-state index >= 15 is 0 Å². The molecule has 2 aromatic carbocycles. The van der Waals surface area contributed by atoms with Gasteiger partial charge in [-0.1, -0.05) is 55.4 Å². The van der Waals surface area contributed by atoms with E-state index in [4.69, 9.17) is 13.8 Å². The van der Waals surface area contributed by atoms with Gasteiger partial charge in [0.25, 0.3) is 11.8 Å². The Morgan fingerprint density at radius 1 is 0.729 bits per heavy atom. The highest BCUT2D eigenvalue weighted by Gasteiger charge is 2.27. The van der Waals surface area contributed by atoms with Crippen molar-refractivity contribution < 1.29 is 42.5 Å². The number of benzene rings is 2. The van der Waals surface area contributed by atoms with Gasteiger partial charge in [-0.05, 0) is 36.1 Å². The van der Waals surface area contributed by atoms with Crippen molar-refractivity contribution in [3.05, 3.63) is 72.2 Å². The fourth-order valence-electron chi connectivity index (χ4n) is 4.41. The lowest BCUT2D eigenvalue weighted by molar-refractivity contribution is -0.144. The second-order valence-electron chi connectivity index (χ2n) is 11.2. The van der Waals surface area contributed by atoms with Gasteiger partial charge >= 0.3 is 18.0 Å². The fraction of sp³-hybridized carbons (Fsp3) is 0.303. The first-order valence-corrected chi connectivity index (χ1v) is 14.9. The molecule has 15 heteroatoms. The Bertz CT molecular complexity index is 1750. The van der Waals surface area contributed by atoms with Gasteiger partial charge in [0.2, 0.25) is 11.5 Å². The Kier molecular flexibility index (Phi) is 11.6. The zero-order chi connectivity index (χ0) is 34.8. The van der Waals surface area contributed by atoms with Gasteiger partial charge in [0.1, 0.15) is 17.4 Å². The Balaban J connectivity index is 1.28. The average Bonchev–Trinajstić information content (AvgIpc) is 3.77. The van der Waals surface area contributed by atoms with E-state index in [0.29, 0.717) is 33.9 Å². The number of rotatable bonds is 13. The lowest BCUT2D eigenvalue weighted by atomic mass is 10.0. The first-order valence-electron chi connectivity index (χ1n) is 14.9. The van der Waals surface area contributed by atoms with Gasteiger partial charge in [-0.2, -0.15) is 0 Å². The van der Waals surface area contributed by atoms with Crippen LogP contribution in [0.3, 0.4) is 0 Å². The smallest absolute Gasteiger partial charge is 0.328 e. The Morgan fingerprint density at radius 2 is 1.23 bits per heavy atom. The summed E-state index contributed by atoms with van der Waals surface area (Å²) in [7, 11) is 2.56. The van der Waals surface area contributed by atoms with Crippen LogP contribution in [0.2, 0.25) is 0 Å². The minimum Gasteiger partial charge on any atom is -0.469 e. The lowest BCUT2D eigenvalue weighted by Crippen LogP contribution is -2.44. The molecule has 0 aliphatic rings. The number of esters is 2. The van der Waals surface area contributed by atoms with Gasteiger partial charge in [0, 0.05) is 47.6 Å². The molecule has 0 aliphatic carbocycles. The molecule has 4 rings (SSSR count). The van der Waals surface area contributed by atoms with Gasteiger partial charge in [-0.15, -0.1) is 0 Å². The summed E-state index contributed by atoms with van der Waals surface area (Å²) in [6.07, 6.45) is 0.178. The molecule has 2 atom stereocenters. The molecule has 0 aliphatic heterocycles. The molecule has 2 aromatic heterocycles. The molecule has 48 heavy (non-hydrogen) atoms. The van der Waals surface area contributed by atoms with Gasteiger partial charge in [-0.3, -0.25) is 14.4 Å². The number of aromatic nitrogens is 2. The van der Waals surface area contributed by atoms with Crippen molar-refractivity contribution in [2.75, 3.05) is 31.4 Å². The molecular formula is C33H36N6O9. The summed E-state index contributed by atoms with van der Waals surface area (Å²) in [5.74, 6) is -2.34. The van der Waals surface area contributed by atoms with E-state index in [9.17, 15) is 24.0 Å². The number of urea groups is 1. The third-order valence-electron chi connectivity index (χ3n) is 7.11. The van der Waals surface area contributed by atoms with E-state index in [1.807, 2.05) is 6.92 Å². The molecule has 4 amide bonds. The van der Waals surface area contributed by atoms with Crippen LogP contribution in [0.15, 0.2) is 69.7 Å². The van der Waals surface area contributed by atoms with E-state index in [2.05, 4.69) is 36.3 Å². The molecule has 252 valence electrons. The van der Waals surface area contributed by atoms with Gasteiger partial charge in [0.05, 0.1) is 14.2 Å². The summed E-state index contributed by atoms with van der Waals surface area (Å²) in [6.45, 7) is 5.63. The van der Waals surface area contributed by atoms with Crippen LogP contribution in [0, 0.1) is 11.8 Å². The van der Waals surface area contributed by atoms with Crippen molar-refractivity contribution in [1.82, 2.24) is 20.9 Å². The van der Waals surface area contributed by atoms with E-state index < -0.39 is 29.9 Å². The van der Waals surface area contributed by atoms with Crippen LogP contribution >= 0.6 is 0 Å². The van der Waals surface area contributed by atoms with Gasteiger partial charge in [-0.25, -0.2) is 9.59 Å². The molecule has 2 unspecified atom stereocenters. The number of nitrogens with one attached hydrogen (secondary N) is 4. The van der Waals surface area contributed by atoms with Crippen LogP contribution in [-0.2, 0) is 19.1 Å². The maximum Gasteiger partial charge on any atom is 0.328 e. The predicted octanol–water partition coefficient (Wildman–Crippen LogP) is 4.50. The summed E-state index contributed by atoms with van der Waals surface area (Å²) >= 11 is 0. The predicted molar refractivity (Wildman–Crippen MR) is 173 cm³/mol. The average molecular weight is 661 g/mol. The van der Waals surface area contributed by atoms with E-state index in [1.54, 1.807) is 62.4 Å². The van der Waals surface area contributed by atoms with Crippen LogP contribution in [0.25, 0.3) is 22.5 Å². The highest BCUT2D eigenvalue weighted by atomic mass is 16.5. The maximum absolute atomic E-state index is 12.6. The first-order chi connectivity index (χ1) is 23.0. The van der Waals surface area contributed by atoms with Gasteiger partial charge in [0.15, 0.2) is 0 Å². The highest BCUT2D eigenvalue weighted by molar-refractivity contribution is 6.00. The maximum atomic E-state index is 12.6. The normalized spacial score (nSPS) is 12.0. The second kappa shape index (κ2) is 16.0. The second-order valence-corrected chi connectivity index (χ2v) is 11.2. The van der Waals surface area contributed by atoms with E-state index in [-0.39, 0.29) is 42.3 Å². The number of hydrogen-bond acceptors (Lipinski definition) is 11. The number of nitrogens with zero attached hydrogens (tertiary/aromatic N) is 2. The minimum atomic E-state index is -0.839. The zero-order valence-electron chi connectivity index (χ0n) is 27.0. The van der Waals surface area contributed by atoms with Crippen molar-refractivity contribution >= 4 is 41.2 Å². The summed E-state index contributed by atoms with van der Waals surface area (Å²) in [5.41, 5.74) is 3.12. The van der Waals surface area contributed by atoms with Crippen LogP contribution in [0.1, 0.15) is 48.3 Å². The number of methoxy groups -OCH3 is 2. The topological polar surface area (TPSA) is 204 Å². The summed E-state index contributed by atoms with van der Waals surface area (Å²) < 4.78 is 19.7. The monoisotopic (exact) mass is 660 g/mol. The lowest BCUT2D eigenvalue weighted by Gasteiger charge is -2.18. The first kappa shape index (κ1) is 34.9. The summed E-state index contributed by atoms with van der Waals surface area (Å²) in [6, 6.07) is 15.1. The molecule has 0 bridgehead atoms. The number of carbonyl (C=O) groups is 5. The quantitative estimate of drug-likeness (QED) is 0.147. The molecular weight excluding hydrogens is 624 g/mol. The minimum absolute atomic E-state index is 0.0211. The zero-order valence-corrected chi connectivity index (χ0v) is 27.0. The largest absolute Gasteiger partial charge is 0.469 e. The van der Waals surface area contributed by atoms with Gasteiger partial charge < -0.3 is 39.8 Å².